The molecule has 3 aromatic rings. The minimum absolute atomic E-state index is 0.149. The number of carbonyl (C=O) groups is 1. The molecule has 3 heterocycles. The summed E-state index contributed by atoms with van der Waals surface area (Å²) in [6.45, 7) is 4.28. The van der Waals surface area contributed by atoms with Crippen LogP contribution < -0.4 is 4.90 Å². The van der Waals surface area contributed by atoms with E-state index in [0.29, 0.717) is 37.0 Å². The van der Waals surface area contributed by atoms with E-state index in [9.17, 15) is 13.2 Å². The first-order chi connectivity index (χ1) is 14.9. The van der Waals surface area contributed by atoms with Gasteiger partial charge in [-0.1, -0.05) is 17.4 Å². The topological polar surface area (TPSA) is 79.8 Å². The first-order valence-corrected chi connectivity index (χ1v) is 13.4. The van der Waals surface area contributed by atoms with Crippen molar-refractivity contribution in [3.63, 3.8) is 0 Å². The first-order valence-electron chi connectivity index (χ1n) is 9.84. The Bertz CT molecular complexity index is 1180. The maximum atomic E-state index is 13.1. The van der Waals surface area contributed by atoms with Gasteiger partial charge in [-0.3, -0.25) is 14.6 Å². The highest BCUT2D eigenvalue weighted by atomic mass is 32.2. The van der Waals surface area contributed by atoms with Crippen molar-refractivity contribution in [2.75, 3.05) is 50.5 Å². The average molecular weight is 478 g/mol. The summed E-state index contributed by atoms with van der Waals surface area (Å²) in [7, 11) is -3.31. The third kappa shape index (κ3) is 5.58. The van der Waals surface area contributed by atoms with Gasteiger partial charge in [0.15, 0.2) is 15.0 Å². The van der Waals surface area contributed by atoms with E-state index in [4.69, 9.17) is 4.74 Å². The summed E-state index contributed by atoms with van der Waals surface area (Å²) >= 11 is 2.90. The molecule has 1 saturated heterocycles. The number of sulfone groups is 1. The SMILES string of the molecule is CS(=O)(=O)c1ccc2nc(N(CCN3CCOCC3)C(=O)C=Cc3cccs3)sc2c1. The van der Waals surface area contributed by atoms with Crippen molar-refractivity contribution >= 4 is 59.8 Å². The van der Waals surface area contributed by atoms with Crippen molar-refractivity contribution in [1.82, 2.24) is 9.88 Å². The number of aromatic nitrogens is 1. The predicted octanol–water partition coefficient (Wildman–Crippen LogP) is 3.14. The van der Waals surface area contributed by atoms with Gasteiger partial charge in [0.05, 0.1) is 28.3 Å². The number of nitrogens with zero attached hydrogens (tertiary/aromatic N) is 3. The number of benzene rings is 1. The monoisotopic (exact) mass is 477 g/mol. The number of amides is 1. The molecule has 0 unspecified atom stereocenters. The summed E-state index contributed by atoms with van der Waals surface area (Å²) < 4.78 is 29.9. The lowest BCUT2D eigenvalue weighted by atomic mass is 10.3. The Morgan fingerprint density at radius 2 is 2.10 bits per heavy atom. The molecule has 10 heteroatoms. The Morgan fingerprint density at radius 3 is 2.81 bits per heavy atom. The van der Waals surface area contributed by atoms with Crippen molar-refractivity contribution in [3.05, 3.63) is 46.7 Å². The Labute approximate surface area is 189 Å². The highest BCUT2D eigenvalue weighted by molar-refractivity contribution is 7.90. The van der Waals surface area contributed by atoms with Crippen LogP contribution in [0.4, 0.5) is 5.13 Å². The zero-order valence-corrected chi connectivity index (χ0v) is 19.5. The number of fused-ring (bicyclic) bond motifs is 1. The minimum atomic E-state index is -3.31. The van der Waals surface area contributed by atoms with Gasteiger partial charge < -0.3 is 4.74 Å². The zero-order chi connectivity index (χ0) is 21.8. The third-order valence-electron chi connectivity index (χ3n) is 4.95. The Balaban J connectivity index is 1.61. The number of thiazole rings is 1. The lowest BCUT2D eigenvalue weighted by molar-refractivity contribution is -0.114. The maximum absolute atomic E-state index is 13.1. The van der Waals surface area contributed by atoms with Crippen molar-refractivity contribution < 1.29 is 17.9 Å². The molecule has 1 aliphatic heterocycles. The number of thiophene rings is 1. The van der Waals surface area contributed by atoms with Crippen molar-refractivity contribution in [2.45, 2.75) is 4.90 Å². The summed E-state index contributed by atoms with van der Waals surface area (Å²) in [6, 6.07) is 8.77. The maximum Gasteiger partial charge on any atom is 0.252 e. The lowest BCUT2D eigenvalue weighted by Gasteiger charge is -2.28. The molecular formula is C21H23N3O4S3. The van der Waals surface area contributed by atoms with Gasteiger partial charge in [0, 0.05) is 43.4 Å². The number of anilines is 1. The van der Waals surface area contributed by atoms with E-state index in [1.54, 1.807) is 40.5 Å². The molecule has 0 aliphatic carbocycles. The predicted molar refractivity (Wildman–Crippen MR) is 126 cm³/mol. The molecule has 1 amide bonds. The van der Waals surface area contributed by atoms with Gasteiger partial charge in [0.25, 0.3) is 5.91 Å². The van der Waals surface area contributed by atoms with Gasteiger partial charge in [-0.15, -0.1) is 11.3 Å². The van der Waals surface area contributed by atoms with E-state index in [2.05, 4.69) is 9.88 Å². The fourth-order valence-electron chi connectivity index (χ4n) is 3.23. The molecular weight excluding hydrogens is 454 g/mol. The van der Waals surface area contributed by atoms with E-state index in [0.717, 1.165) is 22.7 Å². The molecule has 1 aliphatic rings. The van der Waals surface area contributed by atoms with Crippen LogP contribution in [0.2, 0.25) is 0 Å². The largest absolute Gasteiger partial charge is 0.379 e. The smallest absolute Gasteiger partial charge is 0.252 e. The number of ether oxygens (including phenoxy) is 1. The van der Waals surface area contributed by atoms with E-state index in [1.807, 2.05) is 23.6 Å². The summed E-state index contributed by atoms with van der Waals surface area (Å²) in [5.74, 6) is -0.149. The Hall–Kier alpha value is -2.11. The lowest BCUT2D eigenvalue weighted by Crippen LogP contribution is -2.42. The average Bonchev–Trinajstić information content (AvgIpc) is 3.41. The van der Waals surface area contributed by atoms with Crippen molar-refractivity contribution in [2.24, 2.45) is 0 Å². The number of hydrogen-bond donors (Lipinski definition) is 0. The molecule has 0 spiro atoms. The Morgan fingerprint density at radius 1 is 1.29 bits per heavy atom. The van der Waals surface area contributed by atoms with Gasteiger partial charge >= 0.3 is 0 Å². The molecule has 4 rings (SSSR count). The summed E-state index contributed by atoms with van der Waals surface area (Å²) in [6.07, 6.45) is 4.56. The van der Waals surface area contributed by atoms with Gasteiger partial charge in [-0.25, -0.2) is 13.4 Å². The molecule has 0 atom stereocenters. The quantitative estimate of drug-likeness (QED) is 0.487. The molecule has 0 saturated carbocycles. The zero-order valence-electron chi connectivity index (χ0n) is 17.1. The molecule has 2 aromatic heterocycles. The number of rotatable bonds is 7. The van der Waals surface area contributed by atoms with Crippen LogP contribution in [-0.2, 0) is 19.4 Å². The molecule has 0 radical (unpaired) electrons. The van der Waals surface area contributed by atoms with Crippen LogP contribution in [-0.4, -0.2) is 69.9 Å². The second-order valence-corrected chi connectivity index (χ2v) is 11.2. The van der Waals surface area contributed by atoms with Crippen LogP contribution in [0.5, 0.6) is 0 Å². The van der Waals surface area contributed by atoms with E-state index >= 15 is 0 Å². The molecule has 1 fully saturated rings. The standard InChI is InChI=1S/C21H23N3O4S3/c1-31(26,27)17-5-6-18-19(15-17)30-21(22-18)24(9-8-23-10-12-28-13-11-23)20(25)7-4-16-3-2-14-29-16/h2-7,14-15H,8-13H2,1H3. The molecule has 31 heavy (non-hydrogen) atoms. The van der Waals surface area contributed by atoms with Crippen LogP contribution in [0, 0.1) is 0 Å². The number of hydrogen-bond acceptors (Lipinski definition) is 8. The van der Waals surface area contributed by atoms with Crippen LogP contribution in [0.25, 0.3) is 16.3 Å². The van der Waals surface area contributed by atoms with Crippen LogP contribution in [0.3, 0.4) is 0 Å². The fourth-order valence-corrected chi connectivity index (χ4v) is 5.61. The molecule has 7 nitrogen and oxygen atoms in total. The van der Waals surface area contributed by atoms with Crippen molar-refractivity contribution in [1.29, 1.82) is 0 Å². The van der Waals surface area contributed by atoms with Gasteiger partial charge in [-0.05, 0) is 35.7 Å². The molecule has 0 N–H and O–H groups in total. The normalized spacial score (nSPS) is 15.6. The van der Waals surface area contributed by atoms with E-state index < -0.39 is 9.84 Å². The highest BCUT2D eigenvalue weighted by Crippen LogP contribution is 2.31. The first kappa shape index (κ1) is 22.1. The third-order valence-corrected chi connectivity index (χ3v) is 7.94. The second-order valence-electron chi connectivity index (χ2n) is 7.19. The minimum Gasteiger partial charge on any atom is -0.379 e. The van der Waals surface area contributed by atoms with Crippen LogP contribution in [0.1, 0.15) is 4.88 Å². The molecule has 164 valence electrons. The summed E-state index contributed by atoms with van der Waals surface area (Å²) in [5, 5.41) is 2.53. The summed E-state index contributed by atoms with van der Waals surface area (Å²) in [4.78, 5) is 22.9. The Kier molecular flexibility index (Phi) is 6.83. The van der Waals surface area contributed by atoms with Gasteiger partial charge in [-0.2, -0.15) is 0 Å². The van der Waals surface area contributed by atoms with Crippen LogP contribution in [0.15, 0.2) is 46.7 Å². The van der Waals surface area contributed by atoms with E-state index in [-0.39, 0.29) is 10.8 Å². The number of morpholine rings is 1. The van der Waals surface area contributed by atoms with Gasteiger partial charge in [0.1, 0.15) is 0 Å². The van der Waals surface area contributed by atoms with Crippen molar-refractivity contribution in [3.8, 4) is 0 Å². The van der Waals surface area contributed by atoms with Crippen LogP contribution >= 0.6 is 22.7 Å². The second kappa shape index (κ2) is 9.58. The number of carbonyl (C=O) groups excluding carboxylic acids is 1. The summed E-state index contributed by atoms with van der Waals surface area (Å²) in [5.41, 5.74) is 0.679. The molecule has 0 bridgehead atoms. The molecule has 1 aromatic carbocycles. The van der Waals surface area contributed by atoms with E-state index in [1.165, 1.54) is 17.6 Å². The van der Waals surface area contributed by atoms with Gasteiger partial charge in [0.2, 0.25) is 0 Å². The highest BCUT2D eigenvalue weighted by Gasteiger charge is 2.21. The fraction of sp³-hybridized carbons (Fsp3) is 0.333.